The van der Waals surface area contributed by atoms with Crippen molar-refractivity contribution < 1.29 is 13.2 Å². The Labute approximate surface area is 150 Å². The van der Waals surface area contributed by atoms with Gasteiger partial charge in [0.15, 0.2) is 0 Å². The van der Waals surface area contributed by atoms with Crippen LogP contribution in [0.25, 0.3) is 0 Å². The number of carbonyl (C=O) groups excluding carboxylic acids is 1. The minimum atomic E-state index is -3.75. The van der Waals surface area contributed by atoms with E-state index in [0.29, 0.717) is 28.0 Å². The van der Waals surface area contributed by atoms with Crippen molar-refractivity contribution in [1.82, 2.24) is 5.32 Å². The molecule has 0 aliphatic heterocycles. The molecule has 128 valence electrons. The highest BCUT2D eigenvalue weighted by Crippen LogP contribution is 2.31. The third-order valence-corrected chi connectivity index (χ3v) is 6.85. The Morgan fingerprint density at radius 3 is 2.58 bits per heavy atom. The normalized spacial score (nSPS) is 14.4. The number of hydrogen-bond acceptors (Lipinski definition) is 4. The van der Waals surface area contributed by atoms with Crippen molar-refractivity contribution in [3.63, 3.8) is 0 Å². The molecule has 3 rings (SSSR count). The molecule has 0 unspecified atom stereocenters. The van der Waals surface area contributed by atoms with Crippen LogP contribution in [-0.2, 0) is 10.0 Å². The molecule has 24 heavy (non-hydrogen) atoms. The van der Waals surface area contributed by atoms with E-state index in [1.807, 2.05) is 0 Å². The number of amides is 1. The lowest BCUT2D eigenvalue weighted by Crippen LogP contribution is -2.30. The van der Waals surface area contributed by atoms with E-state index >= 15 is 0 Å². The van der Waals surface area contributed by atoms with Gasteiger partial charge in [0.25, 0.3) is 15.9 Å². The lowest BCUT2D eigenvalue weighted by molar-refractivity contribution is 0.0956. The third kappa shape index (κ3) is 3.58. The number of hydrogen-bond donors (Lipinski definition) is 1. The molecule has 1 aliphatic rings. The number of thiophene rings is 1. The van der Waals surface area contributed by atoms with Gasteiger partial charge in [-0.25, -0.2) is 8.42 Å². The molecule has 0 bridgehead atoms. The van der Waals surface area contributed by atoms with Crippen LogP contribution < -0.4 is 9.62 Å². The molecular weight excluding hydrogens is 368 g/mol. The third-order valence-electron chi connectivity index (χ3n) is 3.91. The predicted octanol–water partition coefficient (Wildman–Crippen LogP) is 3.37. The molecule has 0 saturated heterocycles. The zero-order chi connectivity index (χ0) is 17.3. The summed E-state index contributed by atoms with van der Waals surface area (Å²) in [5, 5.41) is 5.06. The summed E-state index contributed by atoms with van der Waals surface area (Å²) in [4.78, 5) is 12.9. The second kappa shape index (κ2) is 6.74. The van der Waals surface area contributed by atoms with Gasteiger partial charge in [-0.1, -0.05) is 11.6 Å². The van der Waals surface area contributed by atoms with Crippen LogP contribution >= 0.6 is 22.9 Å². The van der Waals surface area contributed by atoms with E-state index in [0.717, 1.165) is 17.1 Å². The van der Waals surface area contributed by atoms with Gasteiger partial charge in [0.05, 0.1) is 10.6 Å². The molecule has 1 aromatic carbocycles. The SMILES string of the molecule is CN(c1ccsc1C(=O)NCC1CC1)S(=O)(=O)c1ccc(Cl)cc1. The summed E-state index contributed by atoms with van der Waals surface area (Å²) < 4.78 is 26.6. The minimum Gasteiger partial charge on any atom is -0.351 e. The Balaban J connectivity index is 1.84. The summed E-state index contributed by atoms with van der Waals surface area (Å²) in [5.41, 5.74) is 0.378. The lowest BCUT2D eigenvalue weighted by atomic mass is 10.3. The highest BCUT2D eigenvalue weighted by molar-refractivity contribution is 7.92. The van der Waals surface area contributed by atoms with E-state index in [1.54, 1.807) is 11.4 Å². The van der Waals surface area contributed by atoms with Crippen LogP contribution in [0, 0.1) is 5.92 Å². The Hall–Kier alpha value is -1.57. The number of rotatable bonds is 6. The molecule has 1 N–H and O–H groups in total. The average molecular weight is 385 g/mol. The molecule has 8 heteroatoms. The fraction of sp³-hybridized carbons (Fsp3) is 0.312. The molecule has 1 heterocycles. The van der Waals surface area contributed by atoms with Crippen LogP contribution in [0.5, 0.6) is 0 Å². The van der Waals surface area contributed by atoms with Crippen molar-refractivity contribution in [2.45, 2.75) is 17.7 Å². The van der Waals surface area contributed by atoms with Crippen LogP contribution in [-0.4, -0.2) is 27.9 Å². The summed E-state index contributed by atoms with van der Waals surface area (Å²) >= 11 is 7.05. The number of anilines is 1. The van der Waals surface area contributed by atoms with E-state index in [9.17, 15) is 13.2 Å². The van der Waals surface area contributed by atoms with Crippen molar-refractivity contribution in [2.75, 3.05) is 17.9 Å². The fourth-order valence-corrected chi connectivity index (χ4v) is 4.48. The van der Waals surface area contributed by atoms with Gasteiger partial charge in [0.2, 0.25) is 0 Å². The maximum atomic E-state index is 12.7. The van der Waals surface area contributed by atoms with Crippen molar-refractivity contribution >= 4 is 44.6 Å². The molecular formula is C16H17ClN2O3S2. The molecule has 0 radical (unpaired) electrons. The zero-order valence-electron chi connectivity index (χ0n) is 13.0. The topological polar surface area (TPSA) is 66.5 Å². The van der Waals surface area contributed by atoms with Crippen molar-refractivity contribution in [2.24, 2.45) is 5.92 Å². The van der Waals surface area contributed by atoms with E-state index in [4.69, 9.17) is 11.6 Å². The van der Waals surface area contributed by atoms with Gasteiger partial charge < -0.3 is 5.32 Å². The van der Waals surface area contributed by atoms with Crippen LogP contribution in [0.3, 0.4) is 0 Å². The monoisotopic (exact) mass is 384 g/mol. The smallest absolute Gasteiger partial charge is 0.264 e. The number of halogens is 1. The first-order valence-electron chi connectivity index (χ1n) is 7.50. The summed E-state index contributed by atoms with van der Waals surface area (Å²) in [5.74, 6) is 0.331. The van der Waals surface area contributed by atoms with Crippen LogP contribution in [0.4, 0.5) is 5.69 Å². The van der Waals surface area contributed by atoms with Crippen molar-refractivity contribution in [3.8, 4) is 0 Å². The second-order valence-corrected chi connectivity index (χ2v) is 9.04. The molecule has 5 nitrogen and oxygen atoms in total. The first-order chi connectivity index (χ1) is 11.4. The van der Waals surface area contributed by atoms with Crippen molar-refractivity contribution in [1.29, 1.82) is 0 Å². The summed E-state index contributed by atoms with van der Waals surface area (Å²) in [7, 11) is -2.30. The first-order valence-corrected chi connectivity index (χ1v) is 10.2. The maximum absolute atomic E-state index is 12.7. The molecule has 0 spiro atoms. The number of benzene rings is 1. The van der Waals surface area contributed by atoms with Gasteiger partial charge in [-0.05, 0) is 54.5 Å². The van der Waals surface area contributed by atoms with E-state index < -0.39 is 10.0 Å². The first kappa shape index (κ1) is 17.3. The van der Waals surface area contributed by atoms with E-state index in [-0.39, 0.29) is 10.8 Å². The Bertz CT molecular complexity index is 842. The zero-order valence-corrected chi connectivity index (χ0v) is 15.4. The average Bonchev–Trinajstić information content (AvgIpc) is 3.26. The molecule has 1 amide bonds. The van der Waals surface area contributed by atoms with Gasteiger partial charge in [-0.3, -0.25) is 9.10 Å². The Kier molecular flexibility index (Phi) is 4.85. The summed E-state index contributed by atoms with van der Waals surface area (Å²) in [6.45, 7) is 0.643. The summed E-state index contributed by atoms with van der Waals surface area (Å²) in [6.07, 6.45) is 2.28. The molecule has 1 aliphatic carbocycles. The quantitative estimate of drug-likeness (QED) is 0.830. The van der Waals surface area contributed by atoms with Gasteiger partial charge >= 0.3 is 0 Å². The molecule has 1 aromatic heterocycles. The van der Waals surface area contributed by atoms with Crippen molar-refractivity contribution in [3.05, 3.63) is 45.6 Å². The molecule has 0 atom stereocenters. The number of sulfonamides is 1. The van der Waals surface area contributed by atoms with Crippen LogP contribution in [0.2, 0.25) is 5.02 Å². The molecule has 2 aromatic rings. The molecule has 1 fully saturated rings. The Morgan fingerprint density at radius 1 is 1.29 bits per heavy atom. The van der Waals surface area contributed by atoms with Gasteiger partial charge in [-0.2, -0.15) is 0 Å². The number of carbonyl (C=O) groups is 1. The summed E-state index contributed by atoms with van der Waals surface area (Å²) in [6, 6.07) is 7.60. The number of nitrogens with zero attached hydrogens (tertiary/aromatic N) is 1. The highest BCUT2D eigenvalue weighted by atomic mass is 35.5. The maximum Gasteiger partial charge on any atom is 0.264 e. The standard InChI is InChI=1S/C16H17ClN2O3S2/c1-19(24(21,22)13-6-4-12(17)5-7-13)14-8-9-23-15(14)16(20)18-10-11-2-3-11/h4-9,11H,2-3,10H2,1H3,(H,18,20). The fourth-order valence-electron chi connectivity index (χ4n) is 2.25. The minimum absolute atomic E-state index is 0.130. The largest absolute Gasteiger partial charge is 0.351 e. The highest BCUT2D eigenvalue weighted by Gasteiger charge is 2.27. The van der Waals surface area contributed by atoms with Crippen LogP contribution in [0.1, 0.15) is 22.5 Å². The lowest BCUT2D eigenvalue weighted by Gasteiger charge is -2.19. The predicted molar refractivity (Wildman–Crippen MR) is 96.4 cm³/mol. The van der Waals surface area contributed by atoms with Crippen LogP contribution in [0.15, 0.2) is 40.6 Å². The molecule has 1 saturated carbocycles. The van der Waals surface area contributed by atoms with Gasteiger partial charge in [0.1, 0.15) is 4.88 Å². The number of nitrogens with one attached hydrogen (secondary N) is 1. The Morgan fingerprint density at radius 2 is 1.96 bits per heavy atom. The van der Waals surface area contributed by atoms with Gasteiger partial charge in [-0.15, -0.1) is 11.3 Å². The second-order valence-electron chi connectivity index (χ2n) is 5.71. The van der Waals surface area contributed by atoms with E-state index in [2.05, 4.69) is 5.32 Å². The van der Waals surface area contributed by atoms with Gasteiger partial charge in [0, 0.05) is 18.6 Å². The van der Waals surface area contributed by atoms with E-state index in [1.165, 1.54) is 42.6 Å².